The molecule has 164 valence electrons. The van der Waals surface area contributed by atoms with E-state index in [0.29, 0.717) is 0 Å². The van der Waals surface area contributed by atoms with Crippen LogP contribution in [0.5, 0.6) is 0 Å². The van der Waals surface area contributed by atoms with E-state index in [1.165, 1.54) is 6.39 Å². The number of aromatic nitrogens is 2. The Bertz CT molecular complexity index is 1170. The number of piperazine rings is 1. The van der Waals surface area contributed by atoms with Crippen molar-refractivity contribution in [1.82, 2.24) is 19.8 Å². The molecule has 0 spiro atoms. The van der Waals surface area contributed by atoms with Crippen molar-refractivity contribution in [2.75, 3.05) is 38.5 Å². The zero-order valence-corrected chi connectivity index (χ0v) is 18.7. The molecule has 0 amide bonds. The Morgan fingerprint density at radius 2 is 1.88 bits per heavy atom. The van der Waals surface area contributed by atoms with Crippen molar-refractivity contribution in [2.24, 2.45) is 0 Å². The third kappa shape index (κ3) is 4.98. The number of likely N-dealkylation sites (N-methyl/N-ethyl adjacent to an activating group) is 1. The quantitative estimate of drug-likeness (QED) is 0.531. The SMILES string of the molecule is C=C(Nc1cc2cc(-c3cnco3)ccc2cn1)C(/C=C\C(=C)N1CCN(C)CC1)=C/C. The number of benzene rings is 1. The van der Waals surface area contributed by atoms with Gasteiger partial charge in [-0.3, -0.25) is 0 Å². The summed E-state index contributed by atoms with van der Waals surface area (Å²) in [4.78, 5) is 13.2. The molecule has 0 bridgehead atoms. The molecular weight excluding hydrogens is 398 g/mol. The molecule has 4 rings (SSSR count). The van der Waals surface area contributed by atoms with Crippen LogP contribution in [0.25, 0.3) is 22.1 Å². The summed E-state index contributed by atoms with van der Waals surface area (Å²) < 4.78 is 5.42. The summed E-state index contributed by atoms with van der Waals surface area (Å²) in [6.07, 6.45) is 11.2. The van der Waals surface area contributed by atoms with E-state index >= 15 is 0 Å². The third-order valence-corrected chi connectivity index (χ3v) is 5.74. The molecule has 1 aliphatic rings. The van der Waals surface area contributed by atoms with E-state index < -0.39 is 0 Å². The number of fused-ring (bicyclic) bond motifs is 1. The van der Waals surface area contributed by atoms with Crippen LogP contribution in [0, 0.1) is 0 Å². The molecule has 0 aliphatic carbocycles. The first-order valence-corrected chi connectivity index (χ1v) is 10.8. The van der Waals surface area contributed by atoms with Gasteiger partial charge in [-0.1, -0.05) is 37.4 Å². The Balaban J connectivity index is 1.45. The van der Waals surface area contributed by atoms with Crippen LogP contribution in [-0.2, 0) is 0 Å². The normalized spacial score (nSPS) is 15.4. The van der Waals surface area contributed by atoms with Gasteiger partial charge in [0.05, 0.1) is 6.20 Å². The van der Waals surface area contributed by atoms with Gasteiger partial charge in [0.1, 0.15) is 5.82 Å². The number of nitrogens with zero attached hydrogens (tertiary/aromatic N) is 4. The molecule has 32 heavy (non-hydrogen) atoms. The third-order valence-electron chi connectivity index (χ3n) is 5.74. The second-order valence-corrected chi connectivity index (χ2v) is 7.96. The number of hydrogen-bond donors (Lipinski definition) is 1. The van der Waals surface area contributed by atoms with E-state index in [0.717, 1.165) is 71.1 Å². The summed E-state index contributed by atoms with van der Waals surface area (Å²) in [5.41, 5.74) is 3.78. The number of allylic oxidation sites excluding steroid dienone is 3. The van der Waals surface area contributed by atoms with Crippen LogP contribution in [0.3, 0.4) is 0 Å². The lowest BCUT2D eigenvalue weighted by molar-refractivity contribution is 0.190. The van der Waals surface area contributed by atoms with Crippen LogP contribution < -0.4 is 5.32 Å². The highest BCUT2D eigenvalue weighted by molar-refractivity contribution is 5.88. The summed E-state index contributed by atoms with van der Waals surface area (Å²) in [5, 5.41) is 5.45. The Morgan fingerprint density at radius 1 is 1.06 bits per heavy atom. The number of hydrogen-bond acceptors (Lipinski definition) is 6. The van der Waals surface area contributed by atoms with Crippen molar-refractivity contribution in [3.8, 4) is 11.3 Å². The zero-order chi connectivity index (χ0) is 22.5. The Kier molecular flexibility index (Phi) is 6.52. The summed E-state index contributed by atoms with van der Waals surface area (Å²) in [5.74, 6) is 1.48. The smallest absolute Gasteiger partial charge is 0.181 e. The maximum Gasteiger partial charge on any atom is 0.181 e. The van der Waals surface area contributed by atoms with Crippen molar-refractivity contribution in [1.29, 1.82) is 0 Å². The molecular formula is C26H29N5O. The van der Waals surface area contributed by atoms with Gasteiger partial charge in [0.25, 0.3) is 0 Å². The molecule has 1 fully saturated rings. The van der Waals surface area contributed by atoms with Gasteiger partial charge < -0.3 is 19.5 Å². The molecule has 1 aliphatic heterocycles. The molecule has 6 nitrogen and oxygen atoms in total. The molecule has 0 atom stereocenters. The summed E-state index contributed by atoms with van der Waals surface area (Å²) in [6.45, 7) is 14.6. The maximum absolute atomic E-state index is 5.42. The van der Waals surface area contributed by atoms with Crippen molar-refractivity contribution in [3.05, 3.63) is 91.4 Å². The van der Waals surface area contributed by atoms with Crippen LogP contribution in [0.4, 0.5) is 5.82 Å². The highest BCUT2D eigenvalue weighted by Crippen LogP contribution is 2.26. The van der Waals surface area contributed by atoms with Gasteiger partial charge in [-0.05, 0) is 43.1 Å². The van der Waals surface area contributed by atoms with Gasteiger partial charge in [-0.15, -0.1) is 0 Å². The van der Waals surface area contributed by atoms with Crippen LogP contribution >= 0.6 is 0 Å². The van der Waals surface area contributed by atoms with Crippen LogP contribution in [0.1, 0.15) is 6.92 Å². The topological polar surface area (TPSA) is 57.4 Å². The first kappa shape index (κ1) is 21.6. The predicted octanol–water partition coefficient (Wildman–Crippen LogP) is 5.08. The van der Waals surface area contributed by atoms with Gasteiger partial charge in [0.15, 0.2) is 12.2 Å². The molecule has 1 aromatic carbocycles. The van der Waals surface area contributed by atoms with E-state index in [1.807, 2.05) is 37.4 Å². The number of oxazole rings is 1. The lowest BCUT2D eigenvalue weighted by Gasteiger charge is -2.34. The van der Waals surface area contributed by atoms with E-state index in [-0.39, 0.29) is 0 Å². The lowest BCUT2D eigenvalue weighted by atomic mass is 10.1. The largest absolute Gasteiger partial charge is 0.444 e. The van der Waals surface area contributed by atoms with Crippen LogP contribution in [-0.4, -0.2) is 53.0 Å². The highest BCUT2D eigenvalue weighted by atomic mass is 16.3. The van der Waals surface area contributed by atoms with Gasteiger partial charge in [0, 0.05) is 54.7 Å². The van der Waals surface area contributed by atoms with E-state index in [2.05, 4.69) is 63.5 Å². The monoisotopic (exact) mass is 427 g/mol. The molecule has 0 radical (unpaired) electrons. The first-order valence-electron chi connectivity index (χ1n) is 10.8. The highest BCUT2D eigenvalue weighted by Gasteiger charge is 2.13. The fourth-order valence-corrected chi connectivity index (χ4v) is 3.70. The lowest BCUT2D eigenvalue weighted by Crippen LogP contribution is -2.43. The minimum Gasteiger partial charge on any atom is -0.444 e. The van der Waals surface area contributed by atoms with Crippen molar-refractivity contribution in [3.63, 3.8) is 0 Å². The summed E-state index contributed by atoms with van der Waals surface area (Å²) in [7, 11) is 2.15. The molecule has 2 aromatic heterocycles. The van der Waals surface area contributed by atoms with Crippen LogP contribution in [0.15, 0.2) is 95.8 Å². The molecule has 3 aromatic rings. The Labute approximate surface area is 189 Å². The zero-order valence-electron chi connectivity index (χ0n) is 18.7. The minimum atomic E-state index is 0.739. The van der Waals surface area contributed by atoms with Crippen molar-refractivity contribution >= 4 is 16.6 Å². The molecule has 0 unspecified atom stereocenters. The van der Waals surface area contributed by atoms with Gasteiger partial charge in [-0.25, -0.2) is 9.97 Å². The first-order chi connectivity index (χ1) is 15.5. The predicted molar refractivity (Wildman–Crippen MR) is 131 cm³/mol. The fraction of sp³-hybridized carbons (Fsp3) is 0.231. The fourth-order valence-electron chi connectivity index (χ4n) is 3.70. The van der Waals surface area contributed by atoms with Gasteiger partial charge in [0.2, 0.25) is 0 Å². The minimum absolute atomic E-state index is 0.739. The molecule has 3 heterocycles. The summed E-state index contributed by atoms with van der Waals surface area (Å²) >= 11 is 0. The number of pyridine rings is 1. The second-order valence-electron chi connectivity index (χ2n) is 7.96. The maximum atomic E-state index is 5.42. The Morgan fingerprint density at radius 3 is 2.59 bits per heavy atom. The molecule has 0 saturated carbocycles. The average Bonchev–Trinajstić information content (AvgIpc) is 3.34. The molecule has 1 saturated heterocycles. The van der Waals surface area contributed by atoms with E-state index in [1.54, 1.807) is 6.20 Å². The average molecular weight is 428 g/mol. The molecule has 1 N–H and O–H groups in total. The number of nitrogens with one attached hydrogen (secondary N) is 1. The van der Waals surface area contributed by atoms with Gasteiger partial charge >= 0.3 is 0 Å². The summed E-state index contributed by atoms with van der Waals surface area (Å²) in [6, 6.07) is 8.12. The van der Waals surface area contributed by atoms with Gasteiger partial charge in [-0.2, -0.15) is 0 Å². The standard InChI is InChI=1S/C26H29N5O/c1-5-21(7-6-19(2)31-12-10-30(4)11-13-31)20(3)29-26-15-24-14-22(25-17-27-18-32-25)8-9-23(24)16-28-26/h5-9,14-18H,2-3,10-13H2,1,4H3,(H,28,29)/b7-6-,21-5+. The number of anilines is 1. The number of rotatable bonds is 7. The van der Waals surface area contributed by atoms with Crippen molar-refractivity contribution < 1.29 is 4.42 Å². The Hall–Kier alpha value is -3.64. The van der Waals surface area contributed by atoms with E-state index in [4.69, 9.17) is 4.42 Å². The van der Waals surface area contributed by atoms with Crippen molar-refractivity contribution in [2.45, 2.75) is 6.92 Å². The second kappa shape index (κ2) is 9.66. The van der Waals surface area contributed by atoms with E-state index in [9.17, 15) is 0 Å². The van der Waals surface area contributed by atoms with Crippen LogP contribution in [0.2, 0.25) is 0 Å². The molecule has 6 heteroatoms.